The van der Waals surface area contributed by atoms with Gasteiger partial charge < -0.3 is 0 Å². The van der Waals surface area contributed by atoms with Crippen LogP contribution in [-0.4, -0.2) is 45.0 Å². The molecule has 2 aliphatic rings. The van der Waals surface area contributed by atoms with Crippen LogP contribution in [0.3, 0.4) is 0 Å². The Balaban J connectivity index is 1.32. The average Bonchev–Trinajstić information content (AvgIpc) is 2.03. The summed E-state index contributed by atoms with van der Waals surface area (Å²) in [5.41, 5.74) is 0. The van der Waals surface area contributed by atoms with Gasteiger partial charge in [0.2, 0.25) is 0 Å². The van der Waals surface area contributed by atoms with Gasteiger partial charge in [0.15, 0.2) is 0 Å². The fourth-order valence-corrected chi connectivity index (χ4v) is 6.28. The summed E-state index contributed by atoms with van der Waals surface area (Å²) in [6, 6.07) is 0. The van der Waals surface area contributed by atoms with Crippen LogP contribution in [0.1, 0.15) is 12.8 Å². The molecule has 0 aromatic heterocycles. The van der Waals surface area contributed by atoms with E-state index in [1.807, 2.05) is 0 Å². The molecule has 0 atom stereocenters. The molecule has 0 saturated carbocycles. The Morgan fingerprint density at radius 3 is 1.50 bits per heavy atom. The lowest BCUT2D eigenvalue weighted by atomic mass is 10.4. The summed E-state index contributed by atoms with van der Waals surface area (Å²) in [5, 5.41) is 2.02. The highest BCUT2D eigenvalue weighted by Gasteiger charge is 2.18. The maximum Gasteiger partial charge on any atom is 0.0228 e. The van der Waals surface area contributed by atoms with Gasteiger partial charge in [0, 0.05) is 33.5 Å². The molecule has 0 aromatic carbocycles. The maximum absolute atomic E-state index is 2.21. The van der Waals surface area contributed by atoms with Crippen molar-refractivity contribution in [3.8, 4) is 0 Å². The van der Waals surface area contributed by atoms with Crippen molar-refractivity contribution < 1.29 is 0 Å². The molecule has 2 rings (SSSR count). The van der Waals surface area contributed by atoms with Crippen molar-refractivity contribution in [1.29, 1.82) is 0 Å². The average molecular weight is 267 g/mol. The maximum atomic E-state index is 2.21. The van der Waals surface area contributed by atoms with Crippen LogP contribution in [0, 0.1) is 0 Å². The van der Waals surface area contributed by atoms with Gasteiger partial charge in [0.05, 0.1) is 0 Å². The Hall–Kier alpha value is 1.40. The lowest BCUT2D eigenvalue weighted by Gasteiger charge is -2.25. The molecule has 0 spiro atoms. The number of rotatable bonds is 7. The summed E-state index contributed by atoms with van der Waals surface area (Å²) < 4.78 is 0. The molecule has 82 valence electrons. The summed E-state index contributed by atoms with van der Waals surface area (Å²) in [6.07, 6.45) is 2.89. The first-order valence-corrected chi connectivity index (χ1v) is 9.74. The van der Waals surface area contributed by atoms with Gasteiger partial charge in [-0.25, -0.2) is 0 Å². The number of unbranched alkanes of at least 4 members (excludes halogenated alkanes) is 1. The van der Waals surface area contributed by atoms with E-state index in [9.17, 15) is 0 Å². The zero-order chi connectivity index (χ0) is 9.64. The normalized spacial score (nSPS) is 23.1. The van der Waals surface area contributed by atoms with E-state index in [2.05, 4.69) is 47.0 Å². The summed E-state index contributed by atoms with van der Waals surface area (Å²) in [5.74, 6) is 8.48. The molecule has 0 aromatic rings. The zero-order valence-corrected chi connectivity index (χ0v) is 11.7. The van der Waals surface area contributed by atoms with E-state index < -0.39 is 0 Å². The fourth-order valence-electron chi connectivity index (χ4n) is 1.32. The highest BCUT2D eigenvalue weighted by Crippen LogP contribution is 2.31. The van der Waals surface area contributed by atoms with Crippen molar-refractivity contribution >= 4 is 47.0 Å². The smallest absolute Gasteiger partial charge is 0.0228 e. The first-order chi connectivity index (χ1) is 6.95. The third-order valence-electron chi connectivity index (χ3n) is 2.46. The SMILES string of the molecule is C(CCSC1CSC1)CSC1CSC1. The fraction of sp³-hybridized carbons (Fsp3) is 1.00. The molecule has 2 aliphatic heterocycles. The van der Waals surface area contributed by atoms with Gasteiger partial charge in [-0.05, 0) is 24.3 Å². The summed E-state index contributed by atoms with van der Waals surface area (Å²) in [7, 11) is 0. The third kappa shape index (κ3) is 4.11. The van der Waals surface area contributed by atoms with E-state index in [-0.39, 0.29) is 0 Å². The van der Waals surface area contributed by atoms with Crippen LogP contribution in [0.4, 0.5) is 0 Å². The molecular formula is C10H18S4. The van der Waals surface area contributed by atoms with E-state index in [1.54, 1.807) is 0 Å². The summed E-state index contributed by atoms with van der Waals surface area (Å²) in [4.78, 5) is 0. The molecule has 0 bridgehead atoms. The molecule has 4 heteroatoms. The molecule has 2 fully saturated rings. The van der Waals surface area contributed by atoms with Crippen molar-refractivity contribution in [2.75, 3.05) is 34.5 Å². The van der Waals surface area contributed by atoms with Gasteiger partial charge >= 0.3 is 0 Å². The van der Waals surface area contributed by atoms with Crippen molar-refractivity contribution in [2.24, 2.45) is 0 Å². The van der Waals surface area contributed by atoms with Gasteiger partial charge in [-0.2, -0.15) is 47.0 Å². The van der Waals surface area contributed by atoms with E-state index in [0.29, 0.717) is 0 Å². The Morgan fingerprint density at radius 1 is 0.786 bits per heavy atom. The molecule has 0 unspecified atom stereocenters. The van der Waals surface area contributed by atoms with Gasteiger partial charge in [-0.15, -0.1) is 0 Å². The molecular weight excluding hydrogens is 248 g/mol. The second-order valence-electron chi connectivity index (χ2n) is 3.77. The Bertz CT molecular complexity index is 136. The van der Waals surface area contributed by atoms with Crippen LogP contribution in [-0.2, 0) is 0 Å². The molecule has 14 heavy (non-hydrogen) atoms. The highest BCUT2D eigenvalue weighted by molar-refractivity contribution is 8.07. The van der Waals surface area contributed by atoms with Crippen LogP contribution in [0.25, 0.3) is 0 Å². The van der Waals surface area contributed by atoms with Crippen molar-refractivity contribution in [1.82, 2.24) is 0 Å². The summed E-state index contributed by atoms with van der Waals surface area (Å²) in [6.45, 7) is 0. The van der Waals surface area contributed by atoms with E-state index >= 15 is 0 Å². The van der Waals surface area contributed by atoms with E-state index in [0.717, 1.165) is 10.5 Å². The van der Waals surface area contributed by atoms with Gasteiger partial charge in [-0.3, -0.25) is 0 Å². The minimum absolute atomic E-state index is 1.01. The number of hydrogen-bond donors (Lipinski definition) is 0. The Morgan fingerprint density at radius 2 is 1.21 bits per heavy atom. The Labute approximate surface area is 105 Å². The number of thioether (sulfide) groups is 4. The lowest BCUT2D eigenvalue weighted by molar-refractivity contribution is 0.898. The largest absolute Gasteiger partial charge is 0.160 e. The molecule has 0 N–H and O–H groups in total. The second-order valence-corrected chi connectivity index (χ2v) is 8.73. The van der Waals surface area contributed by atoms with Crippen LogP contribution < -0.4 is 0 Å². The first-order valence-electron chi connectivity index (χ1n) is 5.34. The third-order valence-corrected chi connectivity index (χ3v) is 8.52. The number of hydrogen-bond acceptors (Lipinski definition) is 4. The molecule has 0 nitrogen and oxygen atoms in total. The molecule has 0 amide bonds. The predicted octanol–water partition coefficient (Wildman–Crippen LogP) is 3.46. The minimum Gasteiger partial charge on any atom is -0.160 e. The van der Waals surface area contributed by atoms with Crippen molar-refractivity contribution in [3.05, 3.63) is 0 Å². The molecule has 0 radical (unpaired) electrons. The van der Waals surface area contributed by atoms with Gasteiger partial charge in [-0.1, -0.05) is 0 Å². The first kappa shape index (κ1) is 11.9. The van der Waals surface area contributed by atoms with E-state index in [1.165, 1.54) is 47.4 Å². The van der Waals surface area contributed by atoms with Crippen LogP contribution >= 0.6 is 47.0 Å². The van der Waals surface area contributed by atoms with Crippen LogP contribution in [0.5, 0.6) is 0 Å². The van der Waals surface area contributed by atoms with E-state index in [4.69, 9.17) is 0 Å². The van der Waals surface area contributed by atoms with Crippen LogP contribution in [0.2, 0.25) is 0 Å². The van der Waals surface area contributed by atoms with Crippen molar-refractivity contribution in [2.45, 2.75) is 23.3 Å². The van der Waals surface area contributed by atoms with Gasteiger partial charge in [0.25, 0.3) is 0 Å². The Kier molecular flexibility index (Phi) is 5.83. The lowest BCUT2D eigenvalue weighted by Crippen LogP contribution is -2.21. The zero-order valence-electron chi connectivity index (χ0n) is 8.44. The van der Waals surface area contributed by atoms with Crippen molar-refractivity contribution in [3.63, 3.8) is 0 Å². The molecule has 2 heterocycles. The summed E-state index contributed by atoms with van der Waals surface area (Å²) >= 11 is 8.62. The predicted molar refractivity (Wildman–Crippen MR) is 76.4 cm³/mol. The molecule has 0 aliphatic carbocycles. The topological polar surface area (TPSA) is 0 Å². The monoisotopic (exact) mass is 266 g/mol. The van der Waals surface area contributed by atoms with Crippen LogP contribution in [0.15, 0.2) is 0 Å². The highest BCUT2D eigenvalue weighted by atomic mass is 32.2. The second kappa shape index (κ2) is 6.87. The molecule has 2 saturated heterocycles. The van der Waals surface area contributed by atoms with Gasteiger partial charge in [0.1, 0.15) is 0 Å². The quantitative estimate of drug-likeness (QED) is 0.647. The minimum atomic E-state index is 1.01. The standard InChI is InChI=1S/C10H18S4/c1(3-13-9-5-11-6-9)2-4-14-10-7-12-8-10/h9-10H,1-8H2.